The van der Waals surface area contributed by atoms with E-state index in [-0.39, 0.29) is 17.5 Å². The van der Waals surface area contributed by atoms with Crippen molar-refractivity contribution >= 4 is 15.5 Å². The predicted octanol–water partition coefficient (Wildman–Crippen LogP) is 2.08. The van der Waals surface area contributed by atoms with E-state index in [1.165, 1.54) is 5.69 Å². The maximum atomic E-state index is 11.8. The van der Waals surface area contributed by atoms with Gasteiger partial charge in [-0.05, 0) is 39.3 Å². The smallest absolute Gasteiger partial charge is 0.152 e. The van der Waals surface area contributed by atoms with E-state index in [1.807, 2.05) is 24.6 Å². The first-order valence-corrected chi connectivity index (χ1v) is 11.4. The minimum Gasteiger partial charge on any atom is -0.465 e. The fraction of sp³-hybridized carbons (Fsp3) is 0.632. The third kappa shape index (κ3) is 3.78. The van der Waals surface area contributed by atoms with Gasteiger partial charge < -0.3 is 9.32 Å². The van der Waals surface area contributed by atoms with E-state index in [2.05, 4.69) is 22.8 Å². The Morgan fingerprint density at radius 1 is 1.15 bits per heavy atom. The summed E-state index contributed by atoms with van der Waals surface area (Å²) in [5.41, 5.74) is 3.25. The first kappa shape index (κ1) is 18.6. The molecule has 2 fully saturated rings. The molecular weight excluding hydrogens is 364 g/mol. The molecule has 0 aromatic carbocycles. The summed E-state index contributed by atoms with van der Waals surface area (Å²) in [6, 6.07) is 4.04. The van der Waals surface area contributed by atoms with E-state index in [0.29, 0.717) is 6.42 Å². The minimum atomic E-state index is -2.91. The number of sulfone groups is 1. The Hall–Kier alpha value is -1.80. The highest BCUT2D eigenvalue weighted by atomic mass is 32.2. The summed E-state index contributed by atoms with van der Waals surface area (Å²) >= 11 is 0. The van der Waals surface area contributed by atoms with Crippen LogP contribution in [0.5, 0.6) is 0 Å². The minimum absolute atomic E-state index is 0.0223. The van der Waals surface area contributed by atoms with Gasteiger partial charge >= 0.3 is 0 Å². The van der Waals surface area contributed by atoms with Gasteiger partial charge in [-0.2, -0.15) is 5.10 Å². The average Bonchev–Trinajstić information content (AvgIpc) is 3.27. The average molecular weight is 393 g/mol. The zero-order chi connectivity index (χ0) is 19.2. The molecule has 148 valence electrons. The highest BCUT2D eigenvalue weighted by Crippen LogP contribution is 2.31. The number of anilines is 1. The molecule has 27 heavy (non-hydrogen) atoms. The highest BCUT2D eigenvalue weighted by Gasteiger charge is 2.32. The van der Waals surface area contributed by atoms with Crippen molar-refractivity contribution in [2.75, 3.05) is 42.6 Å². The number of hydrogen-bond acceptors (Lipinski definition) is 6. The molecular formula is C19H28N4O3S. The van der Waals surface area contributed by atoms with Gasteiger partial charge in [-0.1, -0.05) is 0 Å². The lowest BCUT2D eigenvalue weighted by atomic mass is 10.2. The zero-order valence-corrected chi connectivity index (χ0v) is 17.1. The Balaban J connectivity index is 1.44. The van der Waals surface area contributed by atoms with Gasteiger partial charge in [-0.15, -0.1) is 0 Å². The molecule has 1 atom stereocenters. The summed E-state index contributed by atoms with van der Waals surface area (Å²) in [4.78, 5) is 4.80. The lowest BCUT2D eigenvalue weighted by Gasteiger charge is -2.35. The Labute approximate surface area is 160 Å². The summed E-state index contributed by atoms with van der Waals surface area (Å²) in [7, 11) is -2.91. The molecule has 0 N–H and O–H groups in total. The lowest BCUT2D eigenvalue weighted by Crippen LogP contribution is -2.46. The predicted molar refractivity (Wildman–Crippen MR) is 105 cm³/mol. The Kier molecular flexibility index (Phi) is 4.80. The van der Waals surface area contributed by atoms with Crippen LogP contribution in [0.2, 0.25) is 0 Å². The summed E-state index contributed by atoms with van der Waals surface area (Å²) in [5, 5.41) is 4.70. The topological polar surface area (TPSA) is 71.6 Å². The van der Waals surface area contributed by atoms with Gasteiger partial charge in [0.1, 0.15) is 11.5 Å². The maximum absolute atomic E-state index is 11.8. The Morgan fingerprint density at radius 2 is 1.89 bits per heavy atom. The van der Waals surface area contributed by atoms with Crippen molar-refractivity contribution in [2.45, 2.75) is 39.8 Å². The van der Waals surface area contributed by atoms with Gasteiger partial charge in [-0.3, -0.25) is 9.58 Å². The zero-order valence-electron chi connectivity index (χ0n) is 16.3. The molecule has 0 radical (unpaired) electrons. The molecule has 2 saturated heterocycles. The molecule has 4 heterocycles. The summed E-state index contributed by atoms with van der Waals surface area (Å²) in [6.45, 7) is 10.7. The molecule has 4 rings (SSSR count). The number of piperazine rings is 1. The van der Waals surface area contributed by atoms with Crippen molar-refractivity contribution in [2.24, 2.45) is 0 Å². The Bertz CT molecular complexity index is 923. The molecule has 2 aliphatic rings. The second-order valence-electron chi connectivity index (χ2n) is 7.80. The van der Waals surface area contributed by atoms with Crippen molar-refractivity contribution in [3.63, 3.8) is 0 Å². The van der Waals surface area contributed by atoms with Crippen molar-refractivity contribution in [1.82, 2.24) is 14.7 Å². The SMILES string of the molecule is Cc1ccc(CN2CCN(c3c(C)nn(C4CCS(=O)(=O)C4)c3C)CC2)o1. The normalized spacial score (nSPS) is 23.2. The fourth-order valence-corrected chi connectivity index (χ4v) is 6.05. The van der Waals surface area contributed by atoms with Crippen LogP contribution in [0.3, 0.4) is 0 Å². The van der Waals surface area contributed by atoms with Crippen LogP contribution in [0, 0.1) is 20.8 Å². The van der Waals surface area contributed by atoms with Crippen LogP contribution in [0.4, 0.5) is 5.69 Å². The fourth-order valence-electron chi connectivity index (χ4n) is 4.36. The molecule has 2 aromatic rings. The van der Waals surface area contributed by atoms with Crippen LogP contribution in [-0.4, -0.2) is 60.8 Å². The molecule has 0 saturated carbocycles. The largest absolute Gasteiger partial charge is 0.465 e. The molecule has 1 unspecified atom stereocenters. The summed E-state index contributed by atoms with van der Waals surface area (Å²) in [5.74, 6) is 2.46. The second kappa shape index (κ2) is 6.98. The molecule has 0 aliphatic carbocycles. The monoisotopic (exact) mass is 392 g/mol. The molecule has 0 bridgehead atoms. The van der Waals surface area contributed by atoms with Crippen LogP contribution in [0.1, 0.15) is 35.4 Å². The third-order valence-electron chi connectivity index (χ3n) is 5.71. The van der Waals surface area contributed by atoms with Crippen LogP contribution >= 0.6 is 0 Å². The highest BCUT2D eigenvalue weighted by molar-refractivity contribution is 7.91. The molecule has 0 spiro atoms. The number of furan rings is 1. The van der Waals surface area contributed by atoms with Gasteiger partial charge in [0.2, 0.25) is 0 Å². The van der Waals surface area contributed by atoms with Crippen LogP contribution in [-0.2, 0) is 16.4 Å². The third-order valence-corrected chi connectivity index (χ3v) is 7.46. The van der Waals surface area contributed by atoms with Crippen molar-refractivity contribution in [3.05, 3.63) is 35.0 Å². The summed E-state index contributed by atoms with van der Waals surface area (Å²) in [6.07, 6.45) is 0.667. The number of aryl methyl sites for hydroxylation is 2. The van der Waals surface area contributed by atoms with Crippen molar-refractivity contribution < 1.29 is 12.8 Å². The molecule has 2 aliphatic heterocycles. The van der Waals surface area contributed by atoms with Crippen LogP contribution in [0.15, 0.2) is 16.5 Å². The van der Waals surface area contributed by atoms with Crippen molar-refractivity contribution in [3.8, 4) is 0 Å². The van der Waals surface area contributed by atoms with E-state index in [1.54, 1.807) is 0 Å². The second-order valence-corrected chi connectivity index (χ2v) is 10.0. The van der Waals surface area contributed by atoms with Gasteiger partial charge in [0.25, 0.3) is 0 Å². The van der Waals surface area contributed by atoms with Gasteiger partial charge in [0.05, 0.1) is 41.2 Å². The molecule has 8 heteroatoms. The molecule has 7 nitrogen and oxygen atoms in total. The van der Waals surface area contributed by atoms with Crippen LogP contribution < -0.4 is 4.90 Å². The first-order chi connectivity index (χ1) is 12.8. The van der Waals surface area contributed by atoms with Gasteiger partial charge in [-0.25, -0.2) is 8.42 Å². The van der Waals surface area contributed by atoms with Gasteiger partial charge in [0, 0.05) is 26.2 Å². The number of hydrogen-bond donors (Lipinski definition) is 0. The lowest BCUT2D eigenvalue weighted by molar-refractivity contribution is 0.229. The maximum Gasteiger partial charge on any atom is 0.152 e. The van der Waals surface area contributed by atoms with E-state index in [4.69, 9.17) is 9.52 Å². The van der Waals surface area contributed by atoms with E-state index in [9.17, 15) is 8.42 Å². The number of aromatic nitrogens is 2. The van der Waals surface area contributed by atoms with E-state index >= 15 is 0 Å². The van der Waals surface area contributed by atoms with Gasteiger partial charge in [0.15, 0.2) is 9.84 Å². The van der Waals surface area contributed by atoms with E-state index < -0.39 is 9.84 Å². The number of rotatable bonds is 4. The Morgan fingerprint density at radius 3 is 2.48 bits per heavy atom. The standard InChI is InChI=1S/C19H28N4O3S/c1-14-4-5-18(26-14)12-21-7-9-22(10-8-21)19-15(2)20-23(16(19)3)17-6-11-27(24,25)13-17/h4-5,17H,6-13H2,1-3H3. The van der Waals surface area contributed by atoms with Crippen molar-refractivity contribution in [1.29, 1.82) is 0 Å². The van der Waals surface area contributed by atoms with E-state index in [0.717, 1.165) is 55.6 Å². The quantitative estimate of drug-likeness (QED) is 0.793. The first-order valence-electron chi connectivity index (χ1n) is 9.61. The van der Waals surface area contributed by atoms with Crippen LogP contribution in [0.25, 0.3) is 0 Å². The number of nitrogens with zero attached hydrogens (tertiary/aromatic N) is 4. The molecule has 2 aromatic heterocycles. The summed E-state index contributed by atoms with van der Waals surface area (Å²) < 4.78 is 31.3. The molecule has 0 amide bonds.